The normalized spacial score (nSPS) is 19.1. The maximum Gasteiger partial charge on any atom is 0.150 e. The summed E-state index contributed by atoms with van der Waals surface area (Å²) < 4.78 is 0. The molecule has 1 saturated carbocycles. The minimum atomic E-state index is -0.823. The first kappa shape index (κ1) is 10.7. The van der Waals surface area contributed by atoms with Gasteiger partial charge in [-0.05, 0) is 25.0 Å². The highest BCUT2D eigenvalue weighted by Crippen LogP contribution is 2.41. The molecule has 80 valence electrons. The van der Waals surface area contributed by atoms with E-state index < -0.39 is 5.60 Å². The molecule has 0 unspecified atom stereocenters. The molecule has 1 aromatic carbocycles. The van der Waals surface area contributed by atoms with Crippen LogP contribution >= 0.6 is 11.6 Å². The Hall–Kier alpha value is -0.860. The second-order valence-corrected chi connectivity index (χ2v) is 4.50. The van der Waals surface area contributed by atoms with Crippen LogP contribution in [0.2, 0.25) is 5.02 Å². The maximum atomic E-state index is 10.7. The van der Waals surface area contributed by atoms with Crippen molar-refractivity contribution in [3.63, 3.8) is 0 Å². The van der Waals surface area contributed by atoms with Crippen LogP contribution in [-0.4, -0.2) is 11.4 Å². The van der Waals surface area contributed by atoms with E-state index in [1.54, 1.807) is 18.2 Å². The smallest absolute Gasteiger partial charge is 0.150 e. The average molecular weight is 225 g/mol. The van der Waals surface area contributed by atoms with Crippen LogP contribution in [0, 0.1) is 0 Å². The molecule has 0 spiro atoms. The lowest BCUT2D eigenvalue weighted by molar-refractivity contribution is 0.0445. The summed E-state index contributed by atoms with van der Waals surface area (Å²) in [6.07, 6.45) is 4.26. The van der Waals surface area contributed by atoms with E-state index in [4.69, 9.17) is 11.6 Å². The average Bonchev–Trinajstić information content (AvgIpc) is 2.67. The standard InChI is InChI=1S/C12H13ClO2/c13-11-4-3-9(8-14)7-10(11)12(15)5-1-2-6-12/h3-4,7-8,15H,1-2,5-6H2. The van der Waals surface area contributed by atoms with Crippen LogP contribution in [0.1, 0.15) is 41.6 Å². The summed E-state index contributed by atoms with van der Waals surface area (Å²) in [4.78, 5) is 10.7. The predicted octanol–water partition coefficient (Wildman–Crippen LogP) is 2.91. The third-order valence-corrected chi connectivity index (χ3v) is 3.39. The summed E-state index contributed by atoms with van der Waals surface area (Å²) in [5.74, 6) is 0. The monoisotopic (exact) mass is 224 g/mol. The van der Waals surface area contributed by atoms with E-state index in [1.807, 2.05) is 0 Å². The van der Waals surface area contributed by atoms with E-state index in [9.17, 15) is 9.90 Å². The molecule has 0 heterocycles. The predicted molar refractivity (Wildman–Crippen MR) is 59.2 cm³/mol. The van der Waals surface area contributed by atoms with E-state index >= 15 is 0 Å². The van der Waals surface area contributed by atoms with Crippen LogP contribution < -0.4 is 0 Å². The molecule has 1 aromatic rings. The SMILES string of the molecule is O=Cc1ccc(Cl)c(C2(O)CCCC2)c1. The molecule has 0 radical (unpaired) electrons. The Morgan fingerprint density at radius 1 is 1.33 bits per heavy atom. The Morgan fingerprint density at radius 2 is 2.00 bits per heavy atom. The molecule has 15 heavy (non-hydrogen) atoms. The van der Waals surface area contributed by atoms with Gasteiger partial charge in [0, 0.05) is 16.1 Å². The molecular weight excluding hydrogens is 212 g/mol. The number of benzene rings is 1. The first-order valence-electron chi connectivity index (χ1n) is 5.13. The van der Waals surface area contributed by atoms with Gasteiger partial charge in [-0.1, -0.05) is 30.5 Å². The van der Waals surface area contributed by atoms with Gasteiger partial charge < -0.3 is 5.11 Å². The van der Waals surface area contributed by atoms with Crippen molar-refractivity contribution in [3.8, 4) is 0 Å². The summed E-state index contributed by atoms with van der Waals surface area (Å²) in [6.45, 7) is 0. The minimum absolute atomic E-state index is 0.546. The van der Waals surface area contributed by atoms with Crippen molar-refractivity contribution in [2.75, 3.05) is 0 Å². The van der Waals surface area contributed by atoms with Gasteiger partial charge in [0.1, 0.15) is 6.29 Å². The van der Waals surface area contributed by atoms with E-state index in [-0.39, 0.29) is 0 Å². The number of hydrogen-bond acceptors (Lipinski definition) is 2. The van der Waals surface area contributed by atoms with Crippen molar-refractivity contribution >= 4 is 17.9 Å². The Balaban J connectivity index is 2.45. The molecule has 0 saturated heterocycles. The van der Waals surface area contributed by atoms with E-state index in [0.29, 0.717) is 16.1 Å². The summed E-state index contributed by atoms with van der Waals surface area (Å²) in [5, 5.41) is 10.9. The van der Waals surface area contributed by atoms with Crippen LogP contribution in [0.25, 0.3) is 0 Å². The van der Waals surface area contributed by atoms with Crippen molar-refractivity contribution in [3.05, 3.63) is 34.3 Å². The number of aldehydes is 1. The molecule has 1 aliphatic rings. The molecule has 2 rings (SSSR count). The third-order valence-electron chi connectivity index (χ3n) is 3.06. The quantitative estimate of drug-likeness (QED) is 0.785. The van der Waals surface area contributed by atoms with Crippen molar-refractivity contribution in [1.82, 2.24) is 0 Å². The largest absolute Gasteiger partial charge is 0.385 e. The van der Waals surface area contributed by atoms with E-state index in [1.165, 1.54) is 0 Å². The Kier molecular flexibility index (Phi) is 2.81. The first-order chi connectivity index (χ1) is 7.15. The first-order valence-corrected chi connectivity index (χ1v) is 5.51. The molecule has 1 N–H and O–H groups in total. The molecule has 1 fully saturated rings. The lowest BCUT2D eigenvalue weighted by Gasteiger charge is -2.24. The van der Waals surface area contributed by atoms with Crippen LogP contribution in [-0.2, 0) is 5.60 Å². The van der Waals surface area contributed by atoms with Gasteiger partial charge in [0.05, 0.1) is 5.60 Å². The van der Waals surface area contributed by atoms with E-state index in [0.717, 1.165) is 32.0 Å². The fourth-order valence-electron chi connectivity index (χ4n) is 2.20. The zero-order valence-corrected chi connectivity index (χ0v) is 9.13. The van der Waals surface area contributed by atoms with Gasteiger partial charge in [-0.2, -0.15) is 0 Å². The van der Waals surface area contributed by atoms with Gasteiger partial charge in [0.2, 0.25) is 0 Å². The zero-order chi connectivity index (χ0) is 10.9. The lowest BCUT2D eigenvalue weighted by Crippen LogP contribution is -2.21. The molecule has 2 nitrogen and oxygen atoms in total. The van der Waals surface area contributed by atoms with Crippen molar-refractivity contribution < 1.29 is 9.90 Å². The molecule has 0 atom stereocenters. The molecule has 0 aliphatic heterocycles. The van der Waals surface area contributed by atoms with Crippen LogP contribution in [0.15, 0.2) is 18.2 Å². The molecule has 0 aromatic heterocycles. The fraction of sp³-hybridized carbons (Fsp3) is 0.417. The number of hydrogen-bond donors (Lipinski definition) is 1. The van der Waals surface area contributed by atoms with Crippen LogP contribution in [0.3, 0.4) is 0 Å². The number of carbonyl (C=O) groups is 1. The second kappa shape index (κ2) is 3.95. The van der Waals surface area contributed by atoms with Crippen LogP contribution in [0.5, 0.6) is 0 Å². The van der Waals surface area contributed by atoms with Crippen LogP contribution in [0.4, 0.5) is 0 Å². The zero-order valence-electron chi connectivity index (χ0n) is 8.37. The van der Waals surface area contributed by atoms with Gasteiger partial charge in [0.15, 0.2) is 0 Å². The van der Waals surface area contributed by atoms with Crippen molar-refractivity contribution in [1.29, 1.82) is 0 Å². The summed E-state index contributed by atoms with van der Waals surface area (Å²) in [5.41, 5.74) is 0.441. The number of rotatable bonds is 2. The topological polar surface area (TPSA) is 37.3 Å². The van der Waals surface area contributed by atoms with E-state index in [2.05, 4.69) is 0 Å². The minimum Gasteiger partial charge on any atom is -0.385 e. The molecular formula is C12H13ClO2. The number of halogens is 1. The number of aliphatic hydroxyl groups is 1. The molecule has 1 aliphatic carbocycles. The van der Waals surface area contributed by atoms with Gasteiger partial charge >= 0.3 is 0 Å². The molecule has 0 amide bonds. The lowest BCUT2D eigenvalue weighted by atomic mass is 9.91. The maximum absolute atomic E-state index is 10.7. The highest BCUT2D eigenvalue weighted by Gasteiger charge is 2.34. The summed E-state index contributed by atoms with van der Waals surface area (Å²) in [6, 6.07) is 5.04. The Morgan fingerprint density at radius 3 is 2.60 bits per heavy atom. The number of carbonyl (C=O) groups excluding carboxylic acids is 1. The fourth-order valence-corrected chi connectivity index (χ4v) is 2.50. The van der Waals surface area contributed by atoms with Gasteiger partial charge in [-0.15, -0.1) is 0 Å². The molecule has 0 bridgehead atoms. The molecule has 3 heteroatoms. The van der Waals surface area contributed by atoms with Gasteiger partial charge in [-0.3, -0.25) is 4.79 Å². The summed E-state index contributed by atoms with van der Waals surface area (Å²) >= 11 is 6.05. The summed E-state index contributed by atoms with van der Waals surface area (Å²) in [7, 11) is 0. The highest BCUT2D eigenvalue weighted by atomic mass is 35.5. The van der Waals surface area contributed by atoms with Crippen molar-refractivity contribution in [2.24, 2.45) is 0 Å². The van der Waals surface area contributed by atoms with Gasteiger partial charge in [0.25, 0.3) is 0 Å². The Bertz CT molecular complexity index is 381. The Labute approximate surface area is 93.9 Å². The third kappa shape index (κ3) is 1.92. The van der Waals surface area contributed by atoms with Crippen molar-refractivity contribution in [2.45, 2.75) is 31.3 Å². The second-order valence-electron chi connectivity index (χ2n) is 4.10. The highest BCUT2D eigenvalue weighted by molar-refractivity contribution is 6.31. The van der Waals surface area contributed by atoms with Gasteiger partial charge in [-0.25, -0.2) is 0 Å².